The summed E-state index contributed by atoms with van der Waals surface area (Å²) in [7, 11) is -3.70. The van der Waals surface area contributed by atoms with E-state index in [0.29, 0.717) is 24.2 Å². The van der Waals surface area contributed by atoms with Crippen LogP contribution in [0, 0.1) is 0 Å². The summed E-state index contributed by atoms with van der Waals surface area (Å²) in [5.74, 6) is 0.439. The first kappa shape index (κ1) is 12.0. The summed E-state index contributed by atoms with van der Waals surface area (Å²) in [6.07, 6.45) is 0.0141. The molecule has 5 nitrogen and oxygen atoms in total. The molecule has 3 N–H and O–H groups in total. The monoisotopic (exact) mass is 258 g/mol. The Kier molecular flexibility index (Phi) is 3.14. The Balaban J connectivity index is 2.09. The van der Waals surface area contributed by atoms with Gasteiger partial charge in [-0.15, -0.1) is 0 Å². The molecular weight excluding hydrogens is 247 g/mol. The molecule has 92 valence electrons. The first-order valence-corrected chi connectivity index (χ1v) is 6.37. The third-order valence-electron chi connectivity index (χ3n) is 2.37. The molecule has 1 aliphatic rings. The van der Waals surface area contributed by atoms with Crippen molar-refractivity contribution in [2.75, 3.05) is 6.54 Å². The Labute approximate surface area is 98.1 Å². The molecule has 1 saturated heterocycles. The molecule has 1 atom stereocenters. The van der Waals surface area contributed by atoms with Gasteiger partial charge in [0.25, 0.3) is 0 Å². The zero-order chi connectivity index (χ0) is 12.5. The van der Waals surface area contributed by atoms with Gasteiger partial charge < -0.3 is 4.74 Å². The lowest BCUT2D eigenvalue weighted by Crippen LogP contribution is -2.49. The number of halogens is 1. The van der Waals surface area contributed by atoms with E-state index in [4.69, 9.17) is 9.88 Å². The molecule has 0 saturated carbocycles. The number of nitrogens with two attached hydrogens (primary N) is 1. The zero-order valence-electron chi connectivity index (χ0n) is 8.76. The molecule has 0 aromatic heterocycles. The average molecular weight is 258 g/mol. The Morgan fingerprint density at radius 3 is 2.47 bits per heavy atom. The topological polar surface area (TPSA) is 81.4 Å². The minimum absolute atomic E-state index is 0.00711. The summed E-state index contributed by atoms with van der Waals surface area (Å²) in [6.45, 7) is 0.455. The van der Waals surface area contributed by atoms with Crippen LogP contribution >= 0.6 is 0 Å². The molecule has 0 amide bonds. The van der Waals surface area contributed by atoms with Gasteiger partial charge in [-0.05, 0) is 24.3 Å². The number of benzene rings is 1. The lowest BCUT2D eigenvalue weighted by Gasteiger charge is -2.30. The summed E-state index contributed by atoms with van der Waals surface area (Å²) in [5, 5.41) is 7.82. The molecule has 7 heteroatoms. The van der Waals surface area contributed by atoms with Crippen LogP contribution in [0.25, 0.3) is 0 Å². The van der Waals surface area contributed by atoms with E-state index in [1.165, 1.54) is 24.3 Å². The molecule has 1 heterocycles. The average Bonchev–Trinajstić information content (AvgIpc) is 2.24. The second kappa shape index (κ2) is 4.44. The van der Waals surface area contributed by atoms with Gasteiger partial charge in [0.15, 0.2) is 6.23 Å². The number of ether oxygens (including phenoxy) is 1. The van der Waals surface area contributed by atoms with Crippen LogP contribution in [0.15, 0.2) is 41.1 Å². The number of primary sulfonamides is 1. The number of rotatable bonds is 3. The zero-order valence-corrected chi connectivity index (χ0v) is 9.58. The van der Waals surface area contributed by atoms with Gasteiger partial charge in [-0.2, -0.15) is 0 Å². The van der Waals surface area contributed by atoms with Crippen molar-refractivity contribution < 1.29 is 17.5 Å². The largest absolute Gasteiger partial charge is 0.471 e. The smallest absolute Gasteiger partial charge is 0.238 e. The van der Waals surface area contributed by atoms with E-state index in [2.05, 4.69) is 5.32 Å². The maximum atomic E-state index is 12.2. The van der Waals surface area contributed by atoms with Gasteiger partial charge in [-0.1, -0.05) is 0 Å². The standard InChI is InChI=1S/C10H11FN2O3S/c11-5-7-6-13-10(7)16-8-1-3-9(4-2-8)17(12,14)15/h1-5,10,13H,6H2,(H2,12,14,15)/b7-5+. The molecule has 1 aromatic carbocycles. The van der Waals surface area contributed by atoms with E-state index >= 15 is 0 Å². The minimum atomic E-state index is -3.70. The molecule has 0 aliphatic carbocycles. The summed E-state index contributed by atoms with van der Waals surface area (Å²) < 4.78 is 39.6. The molecule has 0 bridgehead atoms. The molecule has 1 aliphatic heterocycles. The summed E-state index contributed by atoms with van der Waals surface area (Å²) in [4.78, 5) is 0.00711. The maximum Gasteiger partial charge on any atom is 0.238 e. The summed E-state index contributed by atoms with van der Waals surface area (Å²) in [6, 6.07) is 5.61. The van der Waals surface area contributed by atoms with Crippen molar-refractivity contribution in [2.24, 2.45) is 5.14 Å². The molecule has 2 rings (SSSR count). The third kappa shape index (κ3) is 2.63. The number of hydrogen-bond donors (Lipinski definition) is 2. The van der Waals surface area contributed by atoms with E-state index in [0.717, 1.165) is 0 Å². The van der Waals surface area contributed by atoms with Crippen LogP contribution in [0.1, 0.15) is 0 Å². The van der Waals surface area contributed by atoms with Crippen molar-refractivity contribution in [1.82, 2.24) is 5.32 Å². The van der Waals surface area contributed by atoms with E-state index in [9.17, 15) is 12.8 Å². The Bertz CT molecular complexity index is 539. The fourth-order valence-corrected chi connectivity index (χ4v) is 1.88. The van der Waals surface area contributed by atoms with Crippen molar-refractivity contribution in [3.63, 3.8) is 0 Å². The fourth-order valence-electron chi connectivity index (χ4n) is 1.36. The molecule has 0 spiro atoms. The highest BCUT2D eigenvalue weighted by molar-refractivity contribution is 7.89. The third-order valence-corrected chi connectivity index (χ3v) is 3.30. The van der Waals surface area contributed by atoms with Crippen molar-refractivity contribution in [2.45, 2.75) is 11.1 Å². The van der Waals surface area contributed by atoms with Gasteiger partial charge in [0, 0.05) is 12.1 Å². The van der Waals surface area contributed by atoms with Gasteiger partial charge in [0.1, 0.15) is 5.75 Å². The predicted molar refractivity (Wildman–Crippen MR) is 59.4 cm³/mol. The molecule has 17 heavy (non-hydrogen) atoms. The number of hydrogen-bond acceptors (Lipinski definition) is 4. The predicted octanol–water partition coefficient (Wildman–Crippen LogP) is 0.495. The second-order valence-electron chi connectivity index (χ2n) is 3.58. The molecule has 1 unspecified atom stereocenters. The van der Waals surface area contributed by atoms with Crippen LogP contribution in [0.3, 0.4) is 0 Å². The highest BCUT2D eigenvalue weighted by Crippen LogP contribution is 2.20. The van der Waals surface area contributed by atoms with E-state index < -0.39 is 16.3 Å². The highest BCUT2D eigenvalue weighted by atomic mass is 32.2. The fraction of sp³-hybridized carbons (Fsp3) is 0.200. The maximum absolute atomic E-state index is 12.2. The van der Waals surface area contributed by atoms with Crippen molar-refractivity contribution in [1.29, 1.82) is 0 Å². The van der Waals surface area contributed by atoms with Crippen molar-refractivity contribution in [3.05, 3.63) is 36.2 Å². The van der Waals surface area contributed by atoms with Gasteiger partial charge in [-0.25, -0.2) is 17.9 Å². The Morgan fingerprint density at radius 2 is 2.06 bits per heavy atom. The lowest BCUT2D eigenvalue weighted by atomic mass is 10.1. The van der Waals surface area contributed by atoms with Crippen LogP contribution in [0.5, 0.6) is 5.75 Å². The van der Waals surface area contributed by atoms with E-state index in [-0.39, 0.29) is 4.90 Å². The number of nitrogens with one attached hydrogen (secondary N) is 1. The van der Waals surface area contributed by atoms with Crippen LogP contribution in [0.4, 0.5) is 4.39 Å². The quantitative estimate of drug-likeness (QED) is 0.827. The minimum Gasteiger partial charge on any atom is -0.471 e. The second-order valence-corrected chi connectivity index (χ2v) is 5.14. The van der Waals surface area contributed by atoms with Gasteiger partial charge in [-0.3, -0.25) is 5.32 Å². The summed E-state index contributed by atoms with van der Waals surface area (Å²) in [5.41, 5.74) is 0.514. The number of sulfonamides is 1. The van der Waals surface area contributed by atoms with Crippen LogP contribution in [-0.4, -0.2) is 21.2 Å². The first-order valence-electron chi connectivity index (χ1n) is 4.83. The van der Waals surface area contributed by atoms with E-state index in [1.807, 2.05) is 0 Å². The molecular formula is C10H11FN2O3S. The van der Waals surface area contributed by atoms with Crippen LogP contribution < -0.4 is 15.2 Å². The van der Waals surface area contributed by atoms with Crippen LogP contribution in [0.2, 0.25) is 0 Å². The lowest BCUT2D eigenvalue weighted by molar-refractivity contribution is 0.156. The van der Waals surface area contributed by atoms with Gasteiger partial charge in [0.05, 0.1) is 11.2 Å². The Hall–Kier alpha value is -1.44. The molecule has 1 fully saturated rings. The van der Waals surface area contributed by atoms with Crippen molar-refractivity contribution >= 4 is 10.0 Å². The molecule has 0 radical (unpaired) electrons. The normalized spacial score (nSPS) is 22.2. The van der Waals surface area contributed by atoms with Crippen molar-refractivity contribution in [3.8, 4) is 5.75 Å². The summed E-state index contributed by atoms with van der Waals surface area (Å²) >= 11 is 0. The first-order chi connectivity index (χ1) is 8.00. The SMILES string of the molecule is NS(=O)(=O)c1ccc(OC2NC/C2=C\F)cc1. The van der Waals surface area contributed by atoms with E-state index in [1.54, 1.807) is 0 Å². The highest BCUT2D eigenvalue weighted by Gasteiger charge is 2.25. The van der Waals surface area contributed by atoms with Gasteiger partial charge in [0.2, 0.25) is 10.0 Å². The van der Waals surface area contributed by atoms with Crippen LogP contribution in [-0.2, 0) is 10.0 Å². The Morgan fingerprint density at radius 1 is 1.41 bits per heavy atom. The molecule has 1 aromatic rings. The van der Waals surface area contributed by atoms with Gasteiger partial charge >= 0.3 is 0 Å².